The summed E-state index contributed by atoms with van der Waals surface area (Å²) in [5, 5.41) is 2.94. The summed E-state index contributed by atoms with van der Waals surface area (Å²) >= 11 is 0. The number of piperidine rings is 1. The first-order chi connectivity index (χ1) is 9.08. The molecule has 0 bridgehead atoms. The Morgan fingerprint density at radius 2 is 2.26 bits per heavy atom. The Labute approximate surface area is 113 Å². The summed E-state index contributed by atoms with van der Waals surface area (Å²) in [6.45, 7) is 3.42. The monoisotopic (exact) mass is 264 g/mol. The number of carbonyl (C=O) groups is 1. The summed E-state index contributed by atoms with van der Waals surface area (Å²) in [4.78, 5) is 14.3. The highest BCUT2D eigenvalue weighted by Crippen LogP contribution is 2.14. The Morgan fingerprint density at radius 3 is 2.95 bits per heavy atom. The minimum Gasteiger partial charge on any atom is -0.350 e. The van der Waals surface area contributed by atoms with Gasteiger partial charge in [0.15, 0.2) is 0 Å². The first-order valence-electron chi connectivity index (χ1n) is 6.82. The third kappa shape index (κ3) is 3.53. The van der Waals surface area contributed by atoms with Gasteiger partial charge in [-0.2, -0.15) is 0 Å². The summed E-state index contributed by atoms with van der Waals surface area (Å²) in [6.07, 6.45) is 3.58. The predicted molar refractivity (Wildman–Crippen MR) is 73.7 cm³/mol. The molecule has 3 nitrogen and oxygen atoms in total. The fourth-order valence-electron chi connectivity index (χ4n) is 2.50. The van der Waals surface area contributed by atoms with E-state index in [2.05, 4.69) is 17.3 Å². The summed E-state index contributed by atoms with van der Waals surface area (Å²) in [7, 11) is 2.10. The molecular formula is C15H21FN2O. The van der Waals surface area contributed by atoms with Crippen LogP contribution >= 0.6 is 0 Å². The Bertz CT molecular complexity index is 461. The van der Waals surface area contributed by atoms with Gasteiger partial charge in [0.2, 0.25) is 0 Å². The van der Waals surface area contributed by atoms with E-state index in [4.69, 9.17) is 0 Å². The second-order valence-electron chi connectivity index (χ2n) is 5.30. The van der Waals surface area contributed by atoms with Gasteiger partial charge < -0.3 is 10.2 Å². The van der Waals surface area contributed by atoms with Crippen molar-refractivity contribution in [3.05, 3.63) is 35.1 Å². The van der Waals surface area contributed by atoms with E-state index in [1.807, 2.05) is 0 Å². The fraction of sp³-hybridized carbons (Fsp3) is 0.533. The Balaban J connectivity index is 1.91. The maximum Gasteiger partial charge on any atom is 0.251 e. The van der Waals surface area contributed by atoms with Crippen molar-refractivity contribution in [1.29, 1.82) is 0 Å². The van der Waals surface area contributed by atoms with Crippen molar-refractivity contribution in [2.45, 2.75) is 32.2 Å². The number of carbonyl (C=O) groups excluding carboxylic acids is 1. The van der Waals surface area contributed by atoms with Gasteiger partial charge in [0.25, 0.3) is 5.91 Å². The van der Waals surface area contributed by atoms with E-state index < -0.39 is 0 Å². The highest BCUT2D eigenvalue weighted by molar-refractivity contribution is 5.94. The van der Waals surface area contributed by atoms with Crippen LogP contribution in [0.2, 0.25) is 0 Å². The van der Waals surface area contributed by atoms with Crippen molar-refractivity contribution >= 4 is 5.91 Å². The molecule has 1 atom stereocenters. The van der Waals surface area contributed by atoms with Crippen LogP contribution in [-0.4, -0.2) is 37.0 Å². The van der Waals surface area contributed by atoms with Gasteiger partial charge in [-0.1, -0.05) is 6.42 Å². The van der Waals surface area contributed by atoms with Gasteiger partial charge in [0.1, 0.15) is 5.82 Å². The molecule has 0 aromatic heterocycles. The normalized spacial score (nSPS) is 20.3. The zero-order chi connectivity index (χ0) is 13.8. The topological polar surface area (TPSA) is 32.3 Å². The standard InChI is InChI=1S/C15H21FN2O/c1-11-9-12(6-7-14(11)16)15(19)17-10-13-5-3-4-8-18(13)2/h6-7,9,13H,3-5,8,10H2,1-2H3,(H,17,19). The summed E-state index contributed by atoms with van der Waals surface area (Å²) in [5.41, 5.74) is 1.03. The summed E-state index contributed by atoms with van der Waals surface area (Å²) < 4.78 is 13.2. The summed E-state index contributed by atoms with van der Waals surface area (Å²) in [5.74, 6) is -0.398. The van der Waals surface area contributed by atoms with E-state index in [9.17, 15) is 9.18 Å². The summed E-state index contributed by atoms with van der Waals surface area (Å²) in [6, 6.07) is 4.88. The second kappa shape index (κ2) is 6.15. The number of benzene rings is 1. The van der Waals surface area contributed by atoms with Crippen molar-refractivity contribution in [2.24, 2.45) is 0 Å². The van der Waals surface area contributed by atoms with Gasteiger partial charge in [-0.3, -0.25) is 4.79 Å². The number of nitrogens with zero attached hydrogens (tertiary/aromatic N) is 1. The molecule has 0 radical (unpaired) electrons. The lowest BCUT2D eigenvalue weighted by molar-refractivity contribution is 0.0928. The fourth-order valence-corrected chi connectivity index (χ4v) is 2.50. The van der Waals surface area contributed by atoms with Crippen molar-refractivity contribution in [2.75, 3.05) is 20.1 Å². The molecule has 1 heterocycles. The van der Waals surface area contributed by atoms with Crippen LogP contribution in [0.4, 0.5) is 4.39 Å². The van der Waals surface area contributed by atoms with Crippen LogP contribution in [0.15, 0.2) is 18.2 Å². The zero-order valence-electron chi connectivity index (χ0n) is 11.6. The molecule has 1 amide bonds. The van der Waals surface area contributed by atoms with Gasteiger partial charge in [0.05, 0.1) is 0 Å². The lowest BCUT2D eigenvalue weighted by atomic mass is 10.0. The maximum atomic E-state index is 13.2. The molecule has 1 saturated heterocycles. The second-order valence-corrected chi connectivity index (χ2v) is 5.30. The van der Waals surface area contributed by atoms with Crippen LogP contribution in [-0.2, 0) is 0 Å². The first-order valence-corrected chi connectivity index (χ1v) is 6.82. The molecule has 0 saturated carbocycles. The molecule has 1 N–H and O–H groups in total. The Kier molecular flexibility index (Phi) is 4.53. The highest BCUT2D eigenvalue weighted by Gasteiger charge is 2.19. The van der Waals surface area contributed by atoms with Crippen LogP contribution in [0.1, 0.15) is 35.2 Å². The van der Waals surface area contributed by atoms with Crippen molar-refractivity contribution in [1.82, 2.24) is 10.2 Å². The number of likely N-dealkylation sites (tertiary alicyclic amines) is 1. The maximum absolute atomic E-state index is 13.2. The molecule has 0 spiro atoms. The van der Waals surface area contributed by atoms with E-state index in [1.54, 1.807) is 13.0 Å². The first kappa shape index (κ1) is 14.0. The third-order valence-electron chi connectivity index (χ3n) is 3.84. The van der Waals surface area contributed by atoms with E-state index >= 15 is 0 Å². The molecule has 1 aliphatic rings. The number of hydrogen-bond acceptors (Lipinski definition) is 2. The smallest absolute Gasteiger partial charge is 0.251 e. The average Bonchev–Trinajstić information content (AvgIpc) is 2.40. The number of amides is 1. The molecule has 4 heteroatoms. The lowest BCUT2D eigenvalue weighted by Crippen LogP contribution is -2.44. The van der Waals surface area contributed by atoms with Crippen LogP contribution in [0.5, 0.6) is 0 Å². The molecule has 1 fully saturated rings. The van der Waals surface area contributed by atoms with Crippen molar-refractivity contribution in [3.8, 4) is 0 Å². The van der Waals surface area contributed by atoms with Gasteiger partial charge in [-0.25, -0.2) is 4.39 Å². The lowest BCUT2D eigenvalue weighted by Gasteiger charge is -2.32. The largest absolute Gasteiger partial charge is 0.350 e. The van der Waals surface area contributed by atoms with E-state index in [0.717, 1.165) is 13.0 Å². The van der Waals surface area contributed by atoms with Crippen LogP contribution < -0.4 is 5.32 Å². The SMILES string of the molecule is Cc1cc(C(=O)NCC2CCCCN2C)ccc1F. The van der Waals surface area contributed by atoms with Crippen LogP contribution in [0.25, 0.3) is 0 Å². The number of hydrogen-bond donors (Lipinski definition) is 1. The minimum atomic E-state index is -0.274. The average molecular weight is 264 g/mol. The molecule has 0 aliphatic carbocycles. The molecule has 1 aromatic carbocycles. The van der Waals surface area contributed by atoms with E-state index in [-0.39, 0.29) is 11.7 Å². The number of aryl methyl sites for hydroxylation is 1. The third-order valence-corrected chi connectivity index (χ3v) is 3.84. The molecule has 19 heavy (non-hydrogen) atoms. The number of rotatable bonds is 3. The van der Waals surface area contributed by atoms with Gasteiger partial charge in [0, 0.05) is 18.2 Å². The highest BCUT2D eigenvalue weighted by atomic mass is 19.1. The number of nitrogens with one attached hydrogen (secondary N) is 1. The van der Waals surface area contributed by atoms with E-state index in [1.165, 1.54) is 25.0 Å². The predicted octanol–water partition coefficient (Wildman–Crippen LogP) is 2.35. The molecule has 1 aliphatic heterocycles. The molecule has 1 aromatic rings. The quantitative estimate of drug-likeness (QED) is 0.909. The van der Waals surface area contributed by atoms with Gasteiger partial charge in [-0.15, -0.1) is 0 Å². The van der Waals surface area contributed by atoms with Crippen molar-refractivity contribution < 1.29 is 9.18 Å². The molecule has 104 valence electrons. The van der Waals surface area contributed by atoms with Gasteiger partial charge >= 0.3 is 0 Å². The molecule has 2 rings (SSSR count). The number of halogens is 1. The minimum absolute atomic E-state index is 0.123. The van der Waals surface area contributed by atoms with Gasteiger partial charge in [-0.05, 0) is 57.1 Å². The molecular weight excluding hydrogens is 243 g/mol. The van der Waals surface area contributed by atoms with E-state index in [0.29, 0.717) is 23.7 Å². The number of likely N-dealkylation sites (N-methyl/N-ethyl adjacent to an activating group) is 1. The Hall–Kier alpha value is -1.42. The van der Waals surface area contributed by atoms with Crippen LogP contribution in [0, 0.1) is 12.7 Å². The van der Waals surface area contributed by atoms with Crippen molar-refractivity contribution in [3.63, 3.8) is 0 Å². The zero-order valence-corrected chi connectivity index (χ0v) is 11.6. The van der Waals surface area contributed by atoms with Crippen LogP contribution in [0.3, 0.4) is 0 Å². The molecule has 1 unspecified atom stereocenters. The Morgan fingerprint density at radius 1 is 1.47 bits per heavy atom.